The van der Waals surface area contributed by atoms with Crippen LogP contribution in [0.3, 0.4) is 0 Å². The minimum atomic E-state index is -0.148. The number of aliphatic hydroxyl groups is 1. The van der Waals surface area contributed by atoms with Crippen LogP contribution < -0.4 is 0 Å². The van der Waals surface area contributed by atoms with Gasteiger partial charge in [0.2, 0.25) is 0 Å². The van der Waals surface area contributed by atoms with Gasteiger partial charge < -0.3 is 5.11 Å². The largest absolute Gasteiger partial charge is 0.393 e. The number of hydrogen-bond acceptors (Lipinski definition) is 1. The fourth-order valence-electron chi connectivity index (χ4n) is 0.109. The molecular formula is C3H8BBrO. The lowest BCUT2D eigenvalue weighted by atomic mass is 10.0. The first-order valence-electron chi connectivity index (χ1n) is 2.05. The van der Waals surface area contributed by atoms with E-state index in [1.165, 1.54) is 0 Å². The smallest absolute Gasteiger partial charge is 0.104 e. The summed E-state index contributed by atoms with van der Waals surface area (Å²) in [4.78, 5) is 0. The van der Waals surface area contributed by atoms with Crippen molar-refractivity contribution in [1.82, 2.24) is 0 Å². The fraction of sp³-hybridized carbons (Fsp3) is 1.00. The topological polar surface area (TPSA) is 20.2 Å². The average Bonchev–Trinajstić information content (AvgIpc) is 1.65. The molecule has 0 fully saturated rings. The van der Waals surface area contributed by atoms with Gasteiger partial charge in [-0.1, -0.05) is 22.3 Å². The van der Waals surface area contributed by atoms with Crippen LogP contribution in [0, 0.1) is 0 Å². The maximum absolute atomic E-state index is 8.62. The lowest BCUT2D eigenvalue weighted by Crippen LogP contribution is -2.04. The van der Waals surface area contributed by atoms with Gasteiger partial charge in [0.1, 0.15) is 7.85 Å². The Bertz CT molecular complexity index is 30.0. The van der Waals surface area contributed by atoms with Gasteiger partial charge in [0.15, 0.2) is 0 Å². The number of rotatable bonds is 2. The van der Waals surface area contributed by atoms with E-state index in [4.69, 9.17) is 5.11 Å². The molecule has 0 rings (SSSR count). The summed E-state index contributed by atoms with van der Waals surface area (Å²) in [5, 5.41) is 9.32. The van der Waals surface area contributed by atoms with Crippen molar-refractivity contribution in [2.45, 2.75) is 12.4 Å². The fourth-order valence-corrected chi connectivity index (χ4v) is 0.567. The van der Waals surface area contributed by atoms with Crippen LogP contribution in [-0.2, 0) is 0 Å². The zero-order chi connectivity index (χ0) is 4.99. The molecule has 0 amide bonds. The van der Waals surface area contributed by atoms with E-state index in [1.54, 1.807) is 0 Å². The molecule has 0 aliphatic heterocycles. The van der Waals surface area contributed by atoms with Crippen molar-refractivity contribution < 1.29 is 5.11 Å². The van der Waals surface area contributed by atoms with Crippen molar-refractivity contribution in [2.24, 2.45) is 0 Å². The monoisotopic (exact) mass is 150 g/mol. The van der Waals surface area contributed by atoms with E-state index in [1.807, 2.05) is 7.85 Å². The van der Waals surface area contributed by atoms with E-state index in [0.717, 1.165) is 6.32 Å². The molecule has 1 nitrogen and oxygen atoms in total. The van der Waals surface area contributed by atoms with Crippen LogP contribution in [0.15, 0.2) is 0 Å². The van der Waals surface area contributed by atoms with Gasteiger partial charge in [0.25, 0.3) is 0 Å². The summed E-state index contributed by atoms with van der Waals surface area (Å²) in [7, 11) is 1.95. The molecule has 36 valence electrons. The lowest BCUT2D eigenvalue weighted by Gasteiger charge is -1.96. The Balaban J connectivity index is 2.75. The summed E-state index contributed by atoms with van der Waals surface area (Å²) in [6, 6.07) is 0. The molecule has 0 heterocycles. The Morgan fingerprint density at radius 2 is 2.33 bits per heavy atom. The van der Waals surface area contributed by atoms with Gasteiger partial charge in [-0.15, -0.1) is 0 Å². The Morgan fingerprint density at radius 3 is 2.33 bits per heavy atom. The summed E-state index contributed by atoms with van der Waals surface area (Å²) in [6.45, 7) is 0. The van der Waals surface area contributed by atoms with Crippen molar-refractivity contribution in [2.75, 3.05) is 5.33 Å². The Kier molecular flexibility index (Phi) is 4.00. The third-order valence-corrected chi connectivity index (χ3v) is 1.40. The molecule has 0 radical (unpaired) electrons. The van der Waals surface area contributed by atoms with Gasteiger partial charge >= 0.3 is 0 Å². The molecule has 1 N–H and O–H groups in total. The van der Waals surface area contributed by atoms with Crippen LogP contribution in [0.5, 0.6) is 0 Å². The number of alkyl halides is 1. The molecule has 0 aliphatic carbocycles. The van der Waals surface area contributed by atoms with Gasteiger partial charge in [-0.25, -0.2) is 0 Å². The number of hydrogen-bond donors (Lipinski definition) is 1. The predicted octanol–water partition coefficient (Wildman–Crippen LogP) is -0.206. The molecule has 0 saturated heterocycles. The second kappa shape index (κ2) is 3.69. The average molecular weight is 151 g/mol. The first-order chi connectivity index (χ1) is 2.81. The third kappa shape index (κ3) is 2.73. The van der Waals surface area contributed by atoms with E-state index in [2.05, 4.69) is 15.9 Å². The SMILES string of the molecule is BCC(O)CBr. The van der Waals surface area contributed by atoms with E-state index in [0.29, 0.717) is 5.33 Å². The first-order valence-corrected chi connectivity index (χ1v) is 3.17. The van der Waals surface area contributed by atoms with Crippen LogP contribution in [0.25, 0.3) is 0 Å². The van der Waals surface area contributed by atoms with Gasteiger partial charge in [-0.05, 0) is 0 Å². The van der Waals surface area contributed by atoms with Gasteiger partial charge in [0, 0.05) is 5.33 Å². The molecule has 0 aromatic heterocycles. The molecule has 0 aromatic rings. The summed E-state index contributed by atoms with van der Waals surface area (Å²) in [5.74, 6) is 0. The molecular weight excluding hydrogens is 143 g/mol. The highest BCUT2D eigenvalue weighted by atomic mass is 79.9. The lowest BCUT2D eigenvalue weighted by molar-refractivity contribution is 0.222. The molecule has 3 heteroatoms. The third-order valence-electron chi connectivity index (χ3n) is 0.649. The van der Waals surface area contributed by atoms with E-state index in [9.17, 15) is 0 Å². The molecule has 6 heavy (non-hydrogen) atoms. The summed E-state index contributed by atoms with van der Waals surface area (Å²) < 4.78 is 0. The molecule has 0 aromatic carbocycles. The summed E-state index contributed by atoms with van der Waals surface area (Å²) >= 11 is 3.12. The zero-order valence-electron chi connectivity index (χ0n) is 3.82. The minimum Gasteiger partial charge on any atom is -0.393 e. The quantitative estimate of drug-likeness (QED) is 0.427. The zero-order valence-corrected chi connectivity index (χ0v) is 5.40. The predicted molar refractivity (Wildman–Crippen MR) is 33.2 cm³/mol. The van der Waals surface area contributed by atoms with Gasteiger partial charge in [-0.2, -0.15) is 0 Å². The van der Waals surface area contributed by atoms with E-state index < -0.39 is 0 Å². The van der Waals surface area contributed by atoms with Crippen molar-refractivity contribution in [3.8, 4) is 0 Å². The highest BCUT2D eigenvalue weighted by Crippen LogP contribution is 1.91. The molecule has 0 bridgehead atoms. The van der Waals surface area contributed by atoms with Gasteiger partial charge in [0.05, 0.1) is 6.10 Å². The van der Waals surface area contributed by atoms with Crippen molar-refractivity contribution in [1.29, 1.82) is 0 Å². The van der Waals surface area contributed by atoms with E-state index >= 15 is 0 Å². The van der Waals surface area contributed by atoms with Crippen LogP contribution in [0.1, 0.15) is 0 Å². The van der Waals surface area contributed by atoms with Crippen molar-refractivity contribution >= 4 is 23.8 Å². The summed E-state index contributed by atoms with van der Waals surface area (Å²) in [5.41, 5.74) is 0. The molecule has 0 aliphatic rings. The Morgan fingerprint density at radius 1 is 1.83 bits per heavy atom. The molecule has 1 unspecified atom stereocenters. The first kappa shape index (κ1) is 6.50. The van der Waals surface area contributed by atoms with Crippen molar-refractivity contribution in [3.05, 3.63) is 0 Å². The van der Waals surface area contributed by atoms with Crippen LogP contribution in [0.2, 0.25) is 6.32 Å². The second-order valence-electron chi connectivity index (χ2n) is 1.22. The second-order valence-corrected chi connectivity index (χ2v) is 1.86. The maximum atomic E-state index is 8.62. The molecule has 1 atom stereocenters. The van der Waals surface area contributed by atoms with Crippen LogP contribution in [-0.4, -0.2) is 24.4 Å². The van der Waals surface area contributed by atoms with Crippen molar-refractivity contribution in [3.63, 3.8) is 0 Å². The van der Waals surface area contributed by atoms with Gasteiger partial charge in [-0.3, -0.25) is 0 Å². The van der Waals surface area contributed by atoms with E-state index in [-0.39, 0.29) is 6.10 Å². The Labute approximate surface area is 47.3 Å². The highest BCUT2D eigenvalue weighted by molar-refractivity contribution is 9.09. The normalized spacial score (nSPS) is 14.3. The van der Waals surface area contributed by atoms with Crippen LogP contribution >= 0.6 is 15.9 Å². The summed E-state index contributed by atoms with van der Waals surface area (Å²) in [6.07, 6.45) is 0.690. The Hall–Kier alpha value is 0.505. The van der Waals surface area contributed by atoms with Crippen LogP contribution in [0.4, 0.5) is 0 Å². The maximum Gasteiger partial charge on any atom is 0.104 e. The molecule has 0 saturated carbocycles. The number of aliphatic hydroxyl groups excluding tert-OH is 1. The molecule has 0 spiro atoms. The number of halogens is 1. The minimum absolute atomic E-state index is 0.148. The standard InChI is InChI=1S/C3H8BBrO/c4-1-3(6)2-5/h3,6H,1-2,4H2. The highest BCUT2D eigenvalue weighted by Gasteiger charge is 1.92.